The van der Waals surface area contributed by atoms with Crippen LogP contribution in [0.25, 0.3) is 5.65 Å². The quantitative estimate of drug-likeness (QED) is 0.664. The first-order valence-electron chi connectivity index (χ1n) is 3.05. The number of rotatable bonds is 0. The lowest BCUT2D eigenvalue weighted by molar-refractivity contribution is 0.611. The lowest BCUT2D eigenvalue weighted by atomic mass is 10.5. The zero-order chi connectivity index (χ0) is 7.84. The summed E-state index contributed by atoms with van der Waals surface area (Å²) in [6.07, 6.45) is 4.78. The Morgan fingerprint density at radius 2 is 2.36 bits per heavy atom. The van der Waals surface area contributed by atoms with E-state index in [9.17, 15) is 4.39 Å². The van der Waals surface area contributed by atoms with E-state index in [0.29, 0.717) is 3.57 Å². The highest BCUT2D eigenvalue weighted by molar-refractivity contribution is 14.1. The molecule has 0 aliphatic heterocycles. The number of aromatic nitrogens is 2. The second-order valence-electron chi connectivity index (χ2n) is 2.16. The van der Waals surface area contributed by atoms with Crippen LogP contribution >= 0.6 is 22.6 Å². The van der Waals surface area contributed by atoms with E-state index in [1.54, 1.807) is 22.9 Å². The molecule has 0 unspecified atom stereocenters. The zero-order valence-corrected chi connectivity index (χ0v) is 7.62. The van der Waals surface area contributed by atoms with Crippen molar-refractivity contribution >= 4 is 28.2 Å². The Balaban J connectivity index is 2.86. The highest BCUT2D eigenvalue weighted by Gasteiger charge is 2.00. The molecule has 2 aromatic heterocycles. The fraction of sp³-hybridized carbons (Fsp3) is 0. The minimum Gasteiger partial charge on any atom is -0.304 e. The van der Waals surface area contributed by atoms with Gasteiger partial charge in [0.15, 0.2) is 5.82 Å². The van der Waals surface area contributed by atoms with Crippen molar-refractivity contribution < 1.29 is 4.39 Å². The van der Waals surface area contributed by atoms with Crippen LogP contribution in [0, 0.1) is 9.39 Å². The summed E-state index contributed by atoms with van der Waals surface area (Å²) in [6.45, 7) is 0. The molecule has 0 amide bonds. The first kappa shape index (κ1) is 7.02. The third kappa shape index (κ3) is 1.11. The predicted octanol–water partition coefficient (Wildman–Crippen LogP) is 2.08. The summed E-state index contributed by atoms with van der Waals surface area (Å²) < 4.78 is 15.1. The Morgan fingerprint density at radius 1 is 1.55 bits per heavy atom. The van der Waals surface area contributed by atoms with Gasteiger partial charge in [0.05, 0.1) is 3.57 Å². The van der Waals surface area contributed by atoms with Crippen molar-refractivity contribution in [3.05, 3.63) is 34.0 Å². The van der Waals surface area contributed by atoms with Crippen LogP contribution in [-0.4, -0.2) is 9.38 Å². The topological polar surface area (TPSA) is 17.3 Å². The van der Waals surface area contributed by atoms with Gasteiger partial charge in [-0.1, -0.05) is 0 Å². The number of imidazole rings is 1. The van der Waals surface area contributed by atoms with Crippen LogP contribution in [-0.2, 0) is 0 Å². The van der Waals surface area contributed by atoms with Gasteiger partial charge in [0, 0.05) is 18.6 Å². The Kier molecular flexibility index (Phi) is 1.56. The fourth-order valence-corrected chi connectivity index (χ4v) is 1.33. The predicted molar refractivity (Wildman–Crippen MR) is 47.9 cm³/mol. The lowest BCUT2D eigenvalue weighted by Crippen LogP contribution is -1.88. The molecule has 0 saturated heterocycles. The normalized spacial score (nSPS) is 10.7. The summed E-state index contributed by atoms with van der Waals surface area (Å²) in [6, 6.07) is 1.70. The molecular formula is C7H4FIN2. The van der Waals surface area contributed by atoms with E-state index < -0.39 is 0 Å². The summed E-state index contributed by atoms with van der Waals surface area (Å²) in [5.74, 6) is -0.212. The Morgan fingerprint density at radius 3 is 3.18 bits per heavy atom. The number of pyridine rings is 1. The molecule has 2 heterocycles. The maximum atomic E-state index is 12.9. The van der Waals surface area contributed by atoms with Crippen molar-refractivity contribution in [1.29, 1.82) is 0 Å². The van der Waals surface area contributed by atoms with Gasteiger partial charge in [0.1, 0.15) is 5.65 Å². The van der Waals surface area contributed by atoms with Crippen LogP contribution in [0.4, 0.5) is 4.39 Å². The molecule has 4 heteroatoms. The molecule has 0 bridgehead atoms. The van der Waals surface area contributed by atoms with Gasteiger partial charge in [0.2, 0.25) is 0 Å². The molecule has 0 saturated carbocycles. The van der Waals surface area contributed by atoms with E-state index in [-0.39, 0.29) is 5.82 Å². The summed E-state index contributed by atoms with van der Waals surface area (Å²) in [5.41, 5.74) is 0.774. The highest BCUT2D eigenvalue weighted by Crippen LogP contribution is 2.12. The highest BCUT2D eigenvalue weighted by atomic mass is 127. The van der Waals surface area contributed by atoms with Gasteiger partial charge >= 0.3 is 0 Å². The molecule has 0 aliphatic rings. The smallest absolute Gasteiger partial charge is 0.153 e. The van der Waals surface area contributed by atoms with E-state index in [1.807, 2.05) is 22.6 Å². The van der Waals surface area contributed by atoms with Gasteiger partial charge in [-0.3, -0.25) is 0 Å². The Bertz CT molecular complexity index is 360. The van der Waals surface area contributed by atoms with Gasteiger partial charge in [-0.05, 0) is 28.7 Å². The molecule has 0 aliphatic carbocycles. The Hall–Kier alpha value is -0.650. The molecule has 0 spiro atoms. The van der Waals surface area contributed by atoms with Gasteiger partial charge in [-0.25, -0.2) is 9.37 Å². The van der Waals surface area contributed by atoms with Crippen molar-refractivity contribution in [3.8, 4) is 0 Å². The molecule has 2 rings (SSSR count). The number of fused-ring (bicyclic) bond motifs is 1. The van der Waals surface area contributed by atoms with Crippen molar-refractivity contribution in [3.63, 3.8) is 0 Å². The van der Waals surface area contributed by atoms with Crippen LogP contribution in [0.15, 0.2) is 24.7 Å². The van der Waals surface area contributed by atoms with Crippen molar-refractivity contribution in [2.75, 3.05) is 0 Å². The summed E-state index contributed by atoms with van der Waals surface area (Å²) in [5, 5.41) is 0. The van der Waals surface area contributed by atoms with Crippen molar-refractivity contribution in [1.82, 2.24) is 9.38 Å². The number of hydrogen-bond donors (Lipinski definition) is 0. The molecule has 56 valence electrons. The van der Waals surface area contributed by atoms with Gasteiger partial charge < -0.3 is 4.40 Å². The molecular weight excluding hydrogens is 258 g/mol. The zero-order valence-electron chi connectivity index (χ0n) is 5.46. The molecule has 0 fully saturated rings. The van der Waals surface area contributed by atoms with Crippen LogP contribution < -0.4 is 0 Å². The monoisotopic (exact) mass is 262 g/mol. The van der Waals surface area contributed by atoms with Gasteiger partial charge in [-0.15, -0.1) is 0 Å². The van der Waals surface area contributed by atoms with E-state index in [1.165, 1.54) is 6.20 Å². The summed E-state index contributed by atoms with van der Waals surface area (Å²) in [7, 11) is 0. The molecule has 2 nitrogen and oxygen atoms in total. The van der Waals surface area contributed by atoms with Crippen LogP contribution in [0.1, 0.15) is 0 Å². The van der Waals surface area contributed by atoms with Crippen LogP contribution in [0.3, 0.4) is 0 Å². The van der Waals surface area contributed by atoms with Crippen molar-refractivity contribution in [2.45, 2.75) is 0 Å². The van der Waals surface area contributed by atoms with E-state index in [0.717, 1.165) is 5.65 Å². The number of hydrogen-bond acceptors (Lipinski definition) is 1. The average Bonchev–Trinajstić information content (AvgIpc) is 2.36. The van der Waals surface area contributed by atoms with E-state index >= 15 is 0 Å². The standard InChI is InChI=1S/C7H4FIN2/c8-5-4-11-2-1-10-7(11)3-6(5)9/h1-4H. The molecule has 0 aromatic carbocycles. The SMILES string of the molecule is Fc1cn2ccnc2cc1I. The molecule has 0 radical (unpaired) electrons. The summed E-state index contributed by atoms with van der Waals surface area (Å²) in [4.78, 5) is 4.01. The second-order valence-corrected chi connectivity index (χ2v) is 3.32. The maximum Gasteiger partial charge on any atom is 0.153 e. The van der Waals surface area contributed by atoms with Gasteiger partial charge in [0.25, 0.3) is 0 Å². The third-order valence-corrected chi connectivity index (χ3v) is 2.26. The van der Waals surface area contributed by atoms with Crippen LogP contribution in [0.2, 0.25) is 0 Å². The molecule has 0 atom stereocenters. The number of nitrogens with zero attached hydrogens (tertiary/aromatic N) is 2. The maximum absolute atomic E-state index is 12.9. The largest absolute Gasteiger partial charge is 0.304 e. The lowest BCUT2D eigenvalue weighted by Gasteiger charge is -1.95. The first-order valence-corrected chi connectivity index (χ1v) is 4.13. The minimum atomic E-state index is -0.212. The third-order valence-electron chi connectivity index (χ3n) is 1.44. The van der Waals surface area contributed by atoms with Gasteiger partial charge in [-0.2, -0.15) is 0 Å². The molecule has 0 N–H and O–H groups in total. The molecule has 11 heavy (non-hydrogen) atoms. The first-order chi connectivity index (χ1) is 5.27. The second kappa shape index (κ2) is 2.44. The summed E-state index contributed by atoms with van der Waals surface area (Å²) >= 11 is 1.94. The fourth-order valence-electron chi connectivity index (χ4n) is 0.912. The molecule has 2 aromatic rings. The van der Waals surface area contributed by atoms with Crippen LogP contribution in [0.5, 0.6) is 0 Å². The minimum absolute atomic E-state index is 0.212. The number of halogens is 2. The van der Waals surface area contributed by atoms with E-state index in [2.05, 4.69) is 4.98 Å². The average molecular weight is 262 g/mol. The van der Waals surface area contributed by atoms with E-state index in [4.69, 9.17) is 0 Å². The Labute approximate surface area is 76.2 Å². The van der Waals surface area contributed by atoms with Crippen molar-refractivity contribution in [2.24, 2.45) is 0 Å².